The SMILES string of the molecule is COc1c(C(=O)Cc2cnoc2)nc(N(C)C(c2ccccc2)c2ccccc2C(F)(F)F)n(C)c1=O. The molecule has 2 aromatic carbocycles. The maximum absolute atomic E-state index is 14.0. The van der Waals surface area contributed by atoms with Gasteiger partial charge in [0.1, 0.15) is 6.26 Å². The maximum atomic E-state index is 14.0. The molecule has 0 spiro atoms. The number of ketones is 1. The van der Waals surface area contributed by atoms with Gasteiger partial charge in [0.05, 0.1) is 24.9 Å². The summed E-state index contributed by atoms with van der Waals surface area (Å²) in [6.07, 6.45) is -2.14. The molecule has 0 saturated heterocycles. The molecule has 0 aliphatic heterocycles. The topological polar surface area (TPSA) is 90.5 Å². The van der Waals surface area contributed by atoms with E-state index in [9.17, 15) is 22.8 Å². The summed E-state index contributed by atoms with van der Waals surface area (Å²) >= 11 is 0. The molecular weight excluding hydrogens is 489 g/mol. The van der Waals surface area contributed by atoms with Crippen molar-refractivity contribution in [3.05, 3.63) is 105 Å². The summed E-state index contributed by atoms with van der Waals surface area (Å²) in [6, 6.07) is 12.8. The second-order valence-corrected chi connectivity index (χ2v) is 8.30. The van der Waals surface area contributed by atoms with Gasteiger partial charge in [-0.3, -0.25) is 14.2 Å². The number of hydrogen-bond acceptors (Lipinski definition) is 7. The summed E-state index contributed by atoms with van der Waals surface area (Å²) in [5.41, 5.74) is -0.771. The van der Waals surface area contributed by atoms with E-state index in [0.717, 1.165) is 10.6 Å². The van der Waals surface area contributed by atoms with E-state index >= 15 is 0 Å². The van der Waals surface area contributed by atoms with Gasteiger partial charge < -0.3 is 14.2 Å². The van der Waals surface area contributed by atoms with Crippen molar-refractivity contribution >= 4 is 11.7 Å². The second kappa shape index (κ2) is 10.3. The lowest BCUT2D eigenvalue weighted by Gasteiger charge is -2.33. The number of Topliss-reactive ketones (excluding diaryl/α,β-unsaturated/α-hetero) is 1. The molecule has 4 aromatic rings. The molecule has 1 unspecified atom stereocenters. The van der Waals surface area contributed by atoms with E-state index in [1.807, 2.05) is 0 Å². The van der Waals surface area contributed by atoms with Gasteiger partial charge in [-0.1, -0.05) is 53.7 Å². The van der Waals surface area contributed by atoms with Crippen molar-refractivity contribution in [1.82, 2.24) is 14.7 Å². The Morgan fingerprint density at radius 2 is 1.81 bits per heavy atom. The predicted octanol–water partition coefficient (Wildman–Crippen LogP) is 4.45. The van der Waals surface area contributed by atoms with Crippen LogP contribution in [0, 0.1) is 0 Å². The van der Waals surface area contributed by atoms with Gasteiger partial charge in [-0.05, 0) is 17.2 Å². The molecule has 37 heavy (non-hydrogen) atoms. The van der Waals surface area contributed by atoms with Crippen LogP contribution in [0.1, 0.15) is 38.8 Å². The third-order valence-corrected chi connectivity index (χ3v) is 5.92. The van der Waals surface area contributed by atoms with Crippen molar-refractivity contribution in [1.29, 1.82) is 0 Å². The lowest BCUT2D eigenvalue weighted by atomic mass is 9.93. The van der Waals surface area contributed by atoms with E-state index in [1.165, 1.54) is 56.8 Å². The zero-order valence-electron chi connectivity index (χ0n) is 20.2. The summed E-state index contributed by atoms with van der Waals surface area (Å²) in [5.74, 6) is -0.835. The minimum absolute atomic E-state index is 0.0229. The van der Waals surface area contributed by atoms with Crippen molar-refractivity contribution in [2.45, 2.75) is 18.6 Å². The molecule has 0 aliphatic carbocycles. The second-order valence-electron chi connectivity index (χ2n) is 8.30. The monoisotopic (exact) mass is 512 g/mol. The molecule has 0 fully saturated rings. The van der Waals surface area contributed by atoms with Crippen LogP contribution in [0.5, 0.6) is 5.75 Å². The van der Waals surface area contributed by atoms with E-state index in [2.05, 4.69) is 10.1 Å². The predicted molar refractivity (Wildman–Crippen MR) is 129 cm³/mol. The number of alkyl halides is 3. The summed E-state index contributed by atoms with van der Waals surface area (Å²) in [5, 5.41) is 3.56. The number of carbonyl (C=O) groups excluding carboxylic acids is 1. The standard InChI is InChI=1S/C26H23F3N4O4/c1-32(22(17-9-5-4-6-10-17)18-11-7-8-12-19(18)26(27,28)29)25-31-21(23(36-3)24(35)33(25)2)20(34)13-16-14-30-37-15-16/h4-12,14-15,22H,13H2,1-3H3. The van der Waals surface area contributed by atoms with Crippen LogP contribution in [0.3, 0.4) is 0 Å². The number of anilines is 1. The molecule has 0 amide bonds. The fourth-order valence-corrected chi connectivity index (χ4v) is 4.20. The minimum Gasteiger partial charge on any atom is -0.489 e. The smallest absolute Gasteiger partial charge is 0.416 e. The van der Waals surface area contributed by atoms with Gasteiger partial charge in [0, 0.05) is 26.1 Å². The van der Waals surface area contributed by atoms with Crippen molar-refractivity contribution in [2.75, 3.05) is 19.1 Å². The van der Waals surface area contributed by atoms with Crippen molar-refractivity contribution < 1.29 is 27.2 Å². The number of hydrogen-bond donors (Lipinski definition) is 0. The first-order valence-electron chi connectivity index (χ1n) is 11.1. The first kappa shape index (κ1) is 25.7. The average Bonchev–Trinajstić information content (AvgIpc) is 3.39. The number of rotatable bonds is 8. The molecule has 0 bridgehead atoms. The lowest BCUT2D eigenvalue weighted by Crippen LogP contribution is -2.35. The first-order chi connectivity index (χ1) is 17.6. The van der Waals surface area contributed by atoms with E-state index in [1.54, 1.807) is 30.3 Å². The molecule has 0 saturated carbocycles. The van der Waals surface area contributed by atoms with Gasteiger partial charge in [0.25, 0.3) is 5.56 Å². The fourth-order valence-electron chi connectivity index (χ4n) is 4.20. The summed E-state index contributed by atoms with van der Waals surface area (Å²) in [6.45, 7) is 0. The normalized spacial score (nSPS) is 12.3. The highest BCUT2D eigenvalue weighted by Crippen LogP contribution is 2.39. The molecule has 1 atom stereocenters. The van der Waals surface area contributed by atoms with Gasteiger partial charge >= 0.3 is 6.18 Å². The molecule has 0 radical (unpaired) electrons. The Balaban J connectivity index is 1.90. The zero-order chi connectivity index (χ0) is 26.7. The number of carbonyl (C=O) groups is 1. The third-order valence-electron chi connectivity index (χ3n) is 5.92. The Hall–Kier alpha value is -4.41. The van der Waals surface area contributed by atoms with Crippen LogP contribution in [-0.4, -0.2) is 34.6 Å². The van der Waals surface area contributed by atoms with Crippen LogP contribution >= 0.6 is 0 Å². The Bertz CT molecular complexity index is 1450. The van der Waals surface area contributed by atoms with Crippen LogP contribution in [0.25, 0.3) is 0 Å². The highest BCUT2D eigenvalue weighted by molar-refractivity contribution is 5.98. The van der Waals surface area contributed by atoms with E-state index in [0.29, 0.717) is 11.1 Å². The van der Waals surface area contributed by atoms with Crippen molar-refractivity contribution in [3.8, 4) is 5.75 Å². The Labute approximate surface area is 209 Å². The Morgan fingerprint density at radius 1 is 1.14 bits per heavy atom. The minimum atomic E-state index is -4.62. The number of ether oxygens (including phenoxy) is 1. The third kappa shape index (κ3) is 5.11. The fraction of sp³-hybridized carbons (Fsp3) is 0.231. The van der Waals surface area contributed by atoms with Crippen molar-refractivity contribution in [2.24, 2.45) is 7.05 Å². The summed E-state index contributed by atoms with van der Waals surface area (Å²) in [7, 11) is 4.17. The molecule has 0 aliphatic rings. The van der Waals surface area contributed by atoms with Crippen LogP contribution < -0.4 is 15.2 Å². The number of benzene rings is 2. The highest BCUT2D eigenvalue weighted by Gasteiger charge is 2.37. The van der Waals surface area contributed by atoms with E-state index in [-0.39, 0.29) is 29.4 Å². The Kier molecular flexibility index (Phi) is 7.14. The van der Waals surface area contributed by atoms with Gasteiger partial charge in [-0.25, -0.2) is 4.98 Å². The zero-order valence-corrected chi connectivity index (χ0v) is 20.2. The summed E-state index contributed by atoms with van der Waals surface area (Å²) < 4.78 is 53.2. The summed E-state index contributed by atoms with van der Waals surface area (Å²) in [4.78, 5) is 32.2. The number of aromatic nitrogens is 3. The van der Waals surface area contributed by atoms with Gasteiger partial charge in [-0.15, -0.1) is 0 Å². The molecular formula is C26H23F3N4O4. The van der Waals surface area contributed by atoms with Gasteiger partial charge in [0.2, 0.25) is 11.7 Å². The molecule has 2 aromatic heterocycles. The molecule has 192 valence electrons. The lowest BCUT2D eigenvalue weighted by molar-refractivity contribution is -0.138. The average molecular weight is 512 g/mol. The molecule has 2 heterocycles. The van der Waals surface area contributed by atoms with E-state index < -0.39 is 29.1 Å². The number of methoxy groups -OCH3 is 1. The molecule has 11 heteroatoms. The van der Waals surface area contributed by atoms with Crippen LogP contribution in [-0.2, 0) is 19.6 Å². The van der Waals surface area contributed by atoms with Gasteiger partial charge in [-0.2, -0.15) is 13.2 Å². The quantitative estimate of drug-likeness (QED) is 0.322. The van der Waals surface area contributed by atoms with E-state index in [4.69, 9.17) is 9.26 Å². The number of halogens is 3. The van der Waals surface area contributed by atoms with Crippen LogP contribution in [0.15, 0.2) is 76.4 Å². The number of nitrogens with zero attached hydrogens (tertiary/aromatic N) is 4. The molecule has 8 nitrogen and oxygen atoms in total. The van der Waals surface area contributed by atoms with Gasteiger partial charge in [0.15, 0.2) is 11.5 Å². The highest BCUT2D eigenvalue weighted by atomic mass is 19.4. The van der Waals surface area contributed by atoms with Crippen molar-refractivity contribution in [3.63, 3.8) is 0 Å². The van der Waals surface area contributed by atoms with Crippen LogP contribution in [0.2, 0.25) is 0 Å². The van der Waals surface area contributed by atoms with Crippen LogP contribution in [0.4, 0.5) is 19.1 Å². The molecule has 0 N–H and O–H groups in total. The first-order valence-corrected chi connectivity index (χ1v) is 11.1. The molecule has 4 rings (SSSR count). The Morgan fingerprint density at radius 3 is 2.43 bits per heavy atom. The maximum Gasteiger partial charge on any atom is 0.416 e. The largest absolute Gasteiger partial charge is 0.489 e.